The van der Waals surface area contributed by atoms with E-state index in [1.165, 1.54) is 23.9 Å². The predicted octanol–water partition coefficient (Wildman–Crippen LogP) is 6.61. The molecular formula is C29H30ClNO3S. The Morgan fingerprint density at radius 2 is 1.43 bits per heavy atom. The summed E-state index contributed by atoms with van der Waals surface area (Å²) >= 11 is 6.69. The highest BCUT2D eigenvalue weighted by Gasteiger charge is 2.21. The van der Waals surface area contributed by atoms with E-state index in [9.17, 15) is 13.5 Å². The highest BCUT2D eigenvalue weighted by Crippen LogP contribution is 2.35. The summed E-state index contributed by atoms with van der Waals surface area (Å²) in [6.07, 6.45) is 5.65. The molecule has 3 aromatic carbocycles. The van der Waals surface area contributed by atoms with Gasteiger partial charge in [0.1, 0.15) is 10.7 Å². The molecule has 0 aliphatic heterocycles. The maximum Gasteiger partial charge on any atom is 0.144 e. The normalized spacial score (nSPS) is 18.4. The van der Waals surface area contributed by atoms with E-state index in [2.05, 4.69) is 41.4 Å². The monoisotopic (exact) mass is 507 g/mol. The van der Waals surface area contributed by atoms with Gasteiger partial charge in [0.25, 0.3) is 0 Å². The number of H-pyrrole nitrogens is 1. The molecule has 1 saturated carbocycles. The van der Waals surface area contributed by atoms with Crippen molar-refractivity contribution in [3.63, 3.8) is 0 Å². The molecule has 1 aliphatic rings. The van der Waals surface area contributed by atoms with E-state index in [0.29, 0.717) is 18.4 Å². The number of rotatable bonds is 7. The molecule has 0 saturated heterocycles. The van der Waals surface area contributed by atoms with Crippen LogP contribution in [-0.4, -0.2) is 25.1 Å². The second kappa shape index (κ2) is 10.6. The molecule has 0 amide bonds. The maximum absolute atomic E-state index is 10.9. The first-order chi connectivity index (χ1) is 17.0. The van der Waals surface area contributed by atoms with Gasteiger partial charge in [-0.15, -0.1) is 0 Å². The first kappa shape index (κ1) is 24.1. The largest absolute Gasteiger partial charge is 0.396 e. The van der Waals surface area contributed by atoms with Gasteiger partial charge in [-0.05, 0) is 84.4 Å². The average Bonchev–Trinajstić information content (AvgIpc) is 3.25. The minimum absolute atomic E-state index is 0.0707. The van der Waals surface area contributed by atoms with Crippen molar-refractivity contribution in [2.45, 2.75) is 37.9 Å². The molecule has 35 heavy (non-hydrogen) atoms. The highest BCUT2D eigenvalue weighted by molar-refractivity contribution is 7.71. The number of halogens is 1. The van der Waals surface area contributed by atoms with Crippen LogP contribution < -0.4 is 0 Å². The number of benzene rings is 3. The molecule has 2 N–H and O–H groups in total. The Balaban J connectivity index is 1.33. The van der Waals surface area contributed by atoms with Crippen molar-refractivity contribution in [2.24, 2.45) is 11.8 Å². The maximum atomic E-state index is 10.9. The van der Waals surface area contributed by atoms with Crippen molar-refractivity contribution < 1.29 is 13.5 Å². The molecule has 1 fully saturated rings. The van der Waals surface area contributed by atoms with Crippen molar-refractivity contribution in [2.75, 3.05) is 6.61 Å². The van der Waals surface area contributed by atoms with E-state index in [-0.39, 0.29) is 5.75 Å². The van der Waals surface area contributed by atoms with Crippen molar-refractivity contribution in [3.05, 3.63) is 83.0 Å². The number of aliphatic hydroxyl groups excluding tert-OH is 1. The van der Waals surface area contributed by atoms with Crippen LogP contribution in [0.15, 0.2) is 66.7 Å². The molecule has 1 aromatic heterocycles. The number of hydrogen-bond acceptors (Lipinski definition) is 3. The van der Waals surface area contributed by atoms with Gasteiger partial charge >= 0.3 is 0 Å². The smallest absolute Gasteiger partial charge is 0.144 e. The molecular weight excluding hydrogens is 478 g/mol. The molecule has 1 heterocycles. The second-order valence-corrected chi connectivity index (χ2v) is 11.1. The number of aromatic nitrogens is 1. The number of thiol groups is 1. The number of aromatic amines is 1. The van der Waals surface area contributed by atoms with Crippen LogP contribution in [0.25, 0.3) is 33.2 Å². The molecule has 0 radical (unpaired) electrons. The Bertz CT molecular complexity index is 1370. The highest BCUT2D eigenvalue weighted by atomic mass is 35.5. The number of aliphatic hydroxyl groups is 1. The molecule has 0 atom stereocenters. The van der Waals surface area contributed by atoms with Gasteiger partial charge in [0.05, 0.1) is 10.8 Å². The molecule has 1 aliphatic carbocycles. The molecule has 0 spiro atoms. The van der Waals surface area contributed by atoms with Crippen LogP contribution in [0.4, 0.5) is 0 Å². The Morgan fingerprint density at radius 1 is 0.829 bits per heavy atom. The second-order valence-electron chi connectivity index (χ2n) is 9.75. The van der Waals surface area contributed by atoms with Gasteiger partial charge in [0, 0.05) is 28.8 Å². The fourth-order valence-corrected chi connectivity index (χ4v) is 6.05. The summed E-state index contributed by atoms with van der Waals surface area (Å²) in [6, 6.07) is 22.4. The SMILES string of the molecule is O=[SH](=O)Cc1ccc(-c2ccc(-c3cc4cc(CC5CCC(CO)CC5)[nH]c4cc3Cl)cc2)cc1. The van der Waals surface area contributed by atoms with Crippen LogP contribution in [0, 0.1) is 11.8 Å². The lowest BCUT2D eigenvalue weighted by Crippen LogP contribution is -2.18. The van der Waals surface area contributed by atoms with Crippen LogP contribution in [0.1, 0.15) is 36.9 Å². The topological polar surface area (TPSA) is 70.2 Å². The van der Waals surface area contributed by atoms with E-state index < -0.39 is 10.7 Å². The lowest BCUT2D eigenvalue weighted by molar-refractivity contribution is 0.167. The summed E-state index contributed by atoms with van der Waals surface area (Å²) in [7, 11) is -2.42. The van der Waals surface area contributed by atoms with Gasteiger partial charge in [-0.1, -0.05) is 60.1 Å². The van der Waals surface area contributed by atoms with E-state index in [4.69, 9.17) is 11.6 Å². The lowest BCUT2D eigenvalue weighted by atomic mass is 9.80. The summed E-state index contributed by atoms with van der Waals surface area (Å²) in [6.45, 7) is 0.319. The molecule has 4 aromatic rings. The van der Waals surface area contributed by atoms with Crippen molar-refractivity contribution in [3.8, 4) is 22.3 Å². The number of fused-ring (bicyclic) bond motifs is 1. The van der Waals surface area contributed by atoms with Gasteiger partial charge in [-0.3, -0.25) is 0 Å². The Kier molecular flexibility index (Phi) is 7.28. The fourth-order valence-electron chi connectivity index (χ4n) is 5.27. The number of nitrogens with one attached hydrogen (secondary N) is 1. The zero-order valence-electron chi connectivity index (χ0n) is 19.5. The Hall–Kier alpha value is -2.60. The fraction of sp³-hybridized carbons (Fsp3) is 0.310. The predicted molar refractivity (Wildman–Crippen MR) is 144 cm³/mol. The van der Waals surface area contributed by atoms with Crippen molar-refractivity contribution in [1.29, 1.82) is 0 Å². The standard InChI is InChI=1S/C29H30ClNO3S/c30-28-16-29-25(14-26(31-29)13-19-1-3-20(17-32)4-2-19)15-27(28)24-11-9-23(10-12-24)22-7-5-21(6-8-22)18-35(33)34/h5-12,14-16,19-20,31-32,35H,1-4,13,17-18H2. The summed E-state index contributed by atoms with van der Waals surface area (Å²) < 4.78 is 21.9. The van der Waals surface area contributed by atoms with Crippen LogP contribution in [-0.2, 0) is 22.9 Å². The third-order valence-electron chi connectivity index (χ3n) is 7.29. The third-order valence-corrected chi connectivity index (χ3v) is 8.23. The summed E-state index contributed by atoms with van der Waals surface area (Å²) in [4.78, 5) is 3.56. The van der Waals surface area contributed by atoms with Crippen LogP contribution in [0.5, 0.6) is 0 Å². The molecule has 4 nitrogen and oxygen atoms in total. The van der Waals surface area contributed by atoms with Crippen LogP contribution in [0.2, 0.25) is 5.02 Å². The van der Waals surface area contributed by atoms with Gasteiger partial charge in [-0.25, -0.2) is 8.42 Å². The van der Waals surface area contributed by atoms with Gasteiger partial charge in [0.15, 0.2) is 0 Å². The zero-order valence-corrected chi connectivity index (χ0v) is 21.2. The lowest BCUT2D eigenvalue weighted by Gasteiger charge is -2.26. The Morgan fingerprint density at radius 3 is 2.06 bits per heavy atom. The summed E-state index contributed by atoms with van der Waals surface area (Å²) in [5.41, 5.74) is 7.30. The molecule has 0 unspecified atom stereocenters. The van der Waals surface area contributed by atoms with E-state index in [1.54, 1.807) is 0 Å². The molecule has 0 bridgehead atoms. The van der Waals surface area contributed by atoms with Gasteiger partial charge in [-0.2, -0.15) is 0 Å². The van der Waals surface area contributed by atoms with Crippen molar-refractivity contribution in [1.82, 2.24) is 4.98 Å². The van der Waals surface area contributed by atoms with E-state index in [0.717, 1.165) is 57.6 Å². The average molecular weight is 508 g/mol. The minimum Gasteiger partial charge on any atom is -0.396 e. The van der Waals surface area contributed by atoms with Crippen LogP contribution in [0.3, 0.4) is 0 Å². The van der Waals surface area contributed by atoms with Crippen LogP contribution >= 0.6 is 11.6 Å². The first-order valence-electron chi connectivity index (χ1n) is 12.2. The third kappa shape index (κ3) is 5.64. The van der Waals surface area contributed by atoms with Crippen molar-refractivity contribution >= 4 is 33.2 Å². The van der Waals surface area contributed by atoms with E-state index >= 15 is 0 Å². The minimum atomic E-state index is -2.42. The van der Waals surface area contributed by atoms with Gasteiger partial charge < -0.3 is 10.1 Å². The molecule has 6 heteroatoms. The Labute approximate surface area is 212 Å². The zero-order chi connectivity index (χ0) is 24.4. The van der Waals surface area contributed by atoms with Gasteiger partial charge in [0.2, 0.25) is 0 Å². The summed E-state index contributed by atoms with van der Waals surface area (Å²) in [5, 5.41) is 11.3. The molecule has 5 rings (SSSR count). The van der Waals surface area contributed by atoms with E-state index in [1.807, 2.05) is 30.3 Å². The molecule has 182 valence electrons. The first-order valence-corrected chi connectivity index (χ1v) is 14.0. The number of hydrogen-bond donors (Lipinski definition) is 3. The quantitative estimate of drug-likeness (QED) is 0.246. The summed E-state index contributed by atoms with van der Waals surface area (Å²) in [5.74, 6) is 1.23.